The van der Waals surface area contributed by atoms with Gasteiger partial charge in [0.15, 0.2) is 0 Å². The maximum atomic E-state index is 11.2. The van der Waals surface area contributed by atoms with E-state index in [0.29, 0.717) is 6.54 Å². The largest absolute Gasteiger partial charge is 0.478 e. The Kier molecular flexibility index (Phi) is 3.47. The lowest BCUT2D eigenvalue weighted by molar-refractivity contribution is 0.0697. The van der Waals surface area contributed by atoms with Crippen molar-refractivity contribution in [3.05, 3.63) is 46.2 Å². The minimum Gasteiger partial charge on any atom is -0.478 e. The van der Waals surface area contributed by atoms with Crippen molar-refractivity contribution < 1.29 is 9.90 Å². The van der Waals surface area contributed by atoms with Crippen molar-refractivity contribution in [3.63, 3.8) is 0 Å². The van der Waals surface area contributed by atoms with Crippen LogP contribution in [0.1, 0.15) is 41.0 Å². The number of fused-ring (bicyclic) bond motifs is 1. The predicted octanol–water partition coefficient (Wildman–Crippen LogP) is 3.36. The topological polar surface area (TPSA) is 68.0 Å². The number of nitrogens with zero attached hydrogens (tertiary/aromatic N) is 3. The molecule has 2 aromatic heterocycles. The van der Waals surface area contributed by atoms with Gasteiger partial charge in [-0.15, -0.1) is 11.3 Å². The van der Waals surface area contributed by atoms with E-state index < -0.39 is 5.97 Å². The predicted molar refractivity (Wildman–Crippen MR) is 82.0 cm³/mol. The van der Waals surface area contributed by atoms with Crippen LogP contribution in [-0.4, -0.2) is 25.6 Å². The van der Waals surface area contributed by atoms with Gasteiger partial charge in [-0.2, -0.15) is 0 Å². The van der Waals surface area contributed by atoms with Gasteiger partial charge in [-0.25, -0.2) is 14.8 Å². The summed E-state index contributed by atoms with van der Waals surface area (Å²) in [6, 6.07) is 5.04. The second kappa shape index (κ2) is 5.29. The molecule has 0 atom stereocenters. The number of aromatic nitrogens is 3. The first-order valence-electron chi connectivity index (χ1n) is 6.68. The normalized spacial score (nSPS) is 11.4. The zero-order valence-corrected chi connectivity index (χ0v) is 12.6. The zero-order chi connectivity index (χ0) is 15.0. The van der Waals surface area contributed by atoms with Crippen LogP contribution in [0.5, 0.6) is 0 Å². The Bertz CT molecular complexity index is 791. The first-order chi connectivity index (χ1) is 10.1. The van der Waals surface area contributed by atoms with E-state index in [1.807, 2.05) is 5.38 Å². The molecule has 0 spiro atoms. The summed E-state index contributed by atoms with van der Waals surface area (Å²) in [5.41, 5.74) is 1.94. The molecule has 0 radical (unpaired) electrons. The van der Waals surface area contributed by atoms with Crippen molar-refractivity contribution in [3.8, 4) is 0 Å². The van der Waals surface area contributed by atoms with E-state index in [1.54, 1.807) is 35.7 Å². The van der Waals surface area contributed by atoms with Crippen LogP contribution in [-0.2, 0) is 6.54 Å². The molecule has 1 aromatic carbocycles. The van der Waals surface area contributed by atoms with Crippen LogP contribution in [0, 0.1) is 0 Å². The van der Waals surface area contributed by atoms with Gasteiger partial charge in [-0.1, -0.05) is 13.8 Å². The number of hydrogen-bond donors (Lipinski definition) is 1. The van der Waals surface area contributed by atoms with Crippen LogP contribution in [0.3, 0.4) is 0 Å². The quantitative estimate of drug-likeness (QED) is 0.802. The molecular weight excluding hydrogens is 286 g/mol. The molecule has 0 aliphatic heterocycles. The Balaban J connectivity index is 2.18. The van der Waals surface area contributed by atoms with Crippen LogP contribution in [0.25, 0.3) is 11.0 Å². The standard InChI is InChI=1S/C15H15N3O2S/c1-9(2)14-17-11-4-3-10(15(19)20)7-12(11)18(14)8-13-16-5-6-21-13/h3-7,9H,8H2,1-2H3,(H,19,20). The van der Waals surface area contributed by atoms with Crippen LogP contribution in [0.4, 0.5) is 0 Å². The lowest BCUT2D eigenvalue weighted by Gasteiger charge is -2.10. The number of hydrogen-bond acceptors (Lipinski definition) is 4. The highest BCUT2D eigenvalue weighted by Gasteiger charge is 2.16. The second-order valence-electron chi connectivity index (χ2n) is 5.15. The van der Waals surface area contributed by atoms with Crippen molar-refractivity contribution in [2.24, 2.45) is 0 Å². The third-order valence-corrected chi connectivity index (χ3v) is 4.08. The Morgan fingerprint density at radius 2 is 2.24 bits per heavy atom. The average molecular weight is 301 g/mol. The summed E-state index contributed by atoms with van der Waals surface area (Å²) >= 11 is 1.58. The van der Waals surface area contributed by atoms with E-state index in [1.165, 1.54) is 0 Å². The van der Waals surface area contributed by atoms with Crippen molar-refractivity contribution >= 4 is 28.3 Å². The second-order valence-corrected chi connectivity index (χ2v) is 6.12. The highest BCUT2D eigenvalue weighted by molar-refractivity contribution is 7.09. The van der Waals surface area contributed by atoms with E-state index in [-0.39, 0.29) is 11.5 Å². The molecule has 3 rings (SSSR count). The summed E-state index contributed by atoms with van der Waals surface area (Å²) in [6.07, 6.45) is 1.77. The van der Waals surface area contributed by atoms with Gasteiger partial charge >= 0.3 is 5.97 Å². The van der Waals surface area contributed by atoms with Crippen LogP contribution in [0.2, 0.25) is 0 Å². The Labute approximate surface area is 125 Å². The van der Waals surface area contributed by atoms with Gasteiger partial charge < -0.3 is 9.67 Å². The van der Waals surface area contributed by atoms with Gasteiger partial charge in [0, 0.05) is 17.5 Å². The molecule has 21 heavy (non-hydrogen) atoms. The van der Waals surface area contributed by atoms with E-state index in [0.717, 1.165) is 21.9 Å². The van der Waals surface area contributed by atoms with Crippen molar-refractivity contribution in [1.29, 1.82) is 0 Å². The molecule has 3 aromatic rings. The van der Waals surface area contributed by atoms with E-state index >= 15 is 0 Å². The summed E-state index contributed by atoms with van der Waals surface area (Å²) in [7, 11) is 0. The molecule has 6 heteroatoms. The molecule has 0 aliphatic rings. The molecule has 0 unspecified atom stereocenters. The van der Waals surface area contributed by atoms with Gasteiger partial charge in [0.05, 0.1) is 23.1 Å². The van der Waals surface area contributed by atoms with Crippen molar-refractivity contribution in [2.75, 3.05) is 0 Å². The molecule has 2 heterocycles. The zero-order valence-electron chi connectivity index (χ0n) is 11.8. The van der Waals surface area contributed by atoms with E-state index in [4.69, 9.17) is 5.11 Å². The van der Waals surface area contributed by atoms with Crippen molar-refractivity contribution in [1.82, 2.24) is 14.5 Å². The molecule has 0 aliphatic carbocycles. The summed E-state index contributed by atoms with van der Waals surface area (Å²) < 4.78 is 2.06. The number of thiazole rings is 1. The number of aromatic carboxylic acids is 1. The molecule has 5 nitrogen and oxygen atoms in total. The molecule has 108 valence electrons. The first kappa shape index (κ1) is 13.8. The highest BCUT2D eigenvalue weighted by Crippen LogP contribution is 2.24. The molecule has 0 fully saturated rings. The fourth-order valence-electron chi connectivity index (χ4n) is 2.35. The van der Waals surface area contributed by atoms with Gasteiger partial charge in [0.2, 0.25) is 0 Å². The SMILES string of the molecule is CC(C)c1nc2ccc(C(=O)O)cc2n1Cc1nccs1. The van der Waals surface area contributed by atoms with E-state index in [2.05, 4.69) is 28.4 Å². The summed E-state index contributed by atoms with van der Waals surface area (Å²) in [5, 5.41) is 12.1. The molecule has 1 N–H and O–H groups in total. The number of carbonyl (C=O) groups is 1. The lowest BCUT2D eigenvalue weighted by atomic mass is 10.2. The lowest BCUT2D eigenvalue weighted by Crippen LogP contribution is -2.07. The van der Waals surface area contributed by atoms with Gasteiger partial charge in [-0.3, -0.25) is 0 Å². The van der Waals surface area contributed by atoms with Gasteiger partial charge in [0.1, 0.15) is 10.8 Å². The van der Waals surface area contributed by atoms with E-state index in [9.17, 15) is 4.79 Å². The summed E-state index contributed by atoms with van der Waals surface area (Å²) in [4.78, 5) is 20.1. The summed E-state index contributed by atoms with van der Waals surface area (Å²) in [6.45, 7) is 4.78. The summed E-state index contributed by atoms with van der Waals surface area (Å²) in [5.74, 6) is 0.276. The molecule has 0 saturated heterocycles. The molecular formula is C15H15N3O2S. The average Bonchev–Trinajstić information content (AvgIpc) is 3.06. The molecule has 0 bridgehead atoms. The Hall–Kier alpha value is -2.21. The monoisotopic (exact) mass is 301 g/mol. The number of carboxylic acids is 1. The first-order valence-corrected chi connectivity index (χ1v) is 7.56. The van der Waals surface area contributed by atoms with Crippen LogP contribution < -0.4 is 0 Å². The molecule has 0 amide bonds. The van der Waals surface area contributed by atoms with Gasteiger partial charge in [-0.05, 0) is 18.2 Å². The third-order valence-electron chi connectivity index (χ3n) is 3.32. The number of benzene rings is 1. The number of carboxylic acid groups (broad SMARTS) is 1. The minimum absolute atomic E-state index is 0.255. The van der Waals surface area contributed by atoms with Gasteiger partial charge in [0.25, 0.3) is 0 Å². The van der Waals surface area contributed by atoms with Crippen LogP contribution >= 0.6 is 11.3 Å². The third kappa shape index (κ3) is 2.54. The van der Waals surface area contributed by atoms with Crippen molar-refractivity contribution in [2.45, 2.75) is 26.3 Å². The fourth-order valence-corrected chi connectivity index (χ4v) is 2.95. The maximum Gasteiger partial charge on any atom is 0.335 e. The number of imidazole rings is 1. The highest BCUT2D eigenvalue weighted by atomic mass is 32.1. The van der Waals surface area contributed by atoms with Crippen LogP contribution in [0.15, 0.2) is 29.8 Å². The minimum atomic E-state index is -0.926. The fraction of sp³-hybridized carbons (Fsp3) is 0.267. The number of rotatable bonds is 4. The molecule has 0 saturated carbocycles. The maximum absolute atomic E-state index is 11.2. The Morgan fingerprint density at radius 3 is 2.86 bits per heavy atom. The smallest absolute Gasteiger partial charge is 0.335 e. The Morgan fingerprint density at radius 1 is 1.43 bits per heavy atom.